The zero-order valence-corrected chi connectivity index (χ0v) is 6.81. The molecule has 0 saturated heterocycles. The Morgan fingerprint density at radius 2 is 1.40 bits per heavy atom. The minimum absolute atomic E-state index is 0.653. The van der Waals surface area contributed by atoms with Crippen LogP contribution in [0.3, 0.4) is 0 Å². The van der Waals surface area contributed by atoms with Crippen LogP contribution in [-0.2, 0) is 0 Å². The third kappa shape index (κ3) is 7.64. The lowest BCUT2D eigenvalue weighted by Gasteiger charge is -1.88. The van der Waals surface area contributed by atoms with Gasteiger partial charge in [0, 0.05) is 11.5 Å². The molecule has 0 radical (unpaired) electrons. The molecule has 2 N–H and O–H groups in total. The summed E-state index contributed by atoms with van der Waals surface area (Å²) in [5, 5.41) is 21.5. The maximum atomic E-state index is 7.95. The molecule has 0 aromatic heterocycles. The van der Waals surface area contributed by atoms with E-state index in [-0.39, 0.29) is 0 Å². The normalized spacial score (nSPS) is 11.6. The van der Waals surface area contributed by atoms with Crippen molar-refractivity contribution in [2.75, 3.05) is 11.5 Å². The molecule has 0 amide bonds. The summed E-state index contributed by atoms with van der Waals surface area (Å²) in [6.45, 7) is 0. The van der Waals surface area contributed by atoms with Gasteiger partial charge < -0.3 is 10.4 Å². The van der Waals surface area contributed by atoms with Crippen molar-refractivity contribution in [3.63, 3.8) is 0 Å². The first kappa shape index (κ1) is 9.64. The van der Waals surface area contributed by atoms with E-state index in [1.54, 1.807) is 0 Å². The predicted octanol–water partition coefficient (Wildman–Crippen LogP) is 1.29. The Hall–Kier alpha value is -0.360. The number of hydrogen-bond acceptors (Lipinski definition) is 6. The fraction of sp³-hybridized carbons (Fsp3) is 0.500. The van der Waals surface area contributed by atoms with Crippen LogP contribution in [0, 0.1) is 0 Å². The molecule has 0 aromatic carbocycles. The summed E-state index contributed by atoms with van der Waals surface area (Å²) >= 11 is 0. The monoisotopic (exact) mass is 180 g/mol. The molecule has 0 fully saturated rings. The van der Waals surface area contributed by atoms with Crippen molar-refractivity contribution in [3.05, 3.63) is 0 Å². The Labute approximate surface area is 66.8 Å². The second kappa shape index (κ2) is 8.64. The highest BCUT2D eigenvalue weighted by Gasteiger charge is 1.83. The van der Waals surface area contributed by atoms with E-state index < -0.39 is 0 Å². The van der Waals surface area contributed by atoms with Crippen LogP contribution in [0.25, 0.3) is 0 Å². The highest BCUT2D eigenvalue weighted by Crippen LogP contribution is 2.18. The van der Waals surface area contributed by atoms with Crippen LogP contribution < -0.4 is 0 Å². The van der Waals surface area contributed by atoms with Crippen LogP contribution in [0.15, 0.2) is 10.3 Å². The van der Waals surface area contributed by atoms with E-state index in [0.29, 0.717) is 11.5 Å². The molecule has 0 bridgehead atoms. The van der Waals surface area contributed by atoms with Gasteiger partial charge in [-0.15, -0.1) is 10.3 Å². The van der Waals surface area contributed by atoms with E-state index in [1.807, 2.05) is 0 Å². The van der Waals surface area contributed by atoms with Gasteiger partial charge in [0.2, 0.25) is 0 Å². The van der Waals surface area contributed by atoms with Crippen LogP contribution >= 0.6 is 21.6 Å². The second-order valence-corrected chi connectivity index (χ2v) is 3.72. The molecule has 0 aliphatic heterocycles. The predicted molar refractivity (Wildman–Crippen MR) is 45.5 cm³/mol. The Morgan fingerprint density at radius 3 is 1.70 bits per heavy atom. The molecule has 0 spiro atoms. The van der Waals surface area contributed by atoms with E-state index in [2.05, 4.69) is 10.3 Å². The number of hydrogen-bond donors (Lipinski definition) is 2. The van der Waals surface area contributed by atoms with Crippen molar-refractivity contribution in [1.29, 1.82) is 0 Å². The van der Waals surface area contributed by atoms with E-state index in [9.17, 15) is 0 Å². The van der Waals surface area contributed by atoms with Gasteiger partial charge in [-0.1, -0.05) is 21.6 Å². The van der Waals surface area contributed by atoms with Gasteiger partial charge in [0.15, 0.2) is 0 Å². The second-order valence-electron chi connectivity index (χ2n) is 1.17. The molecule has 0 aromatic rings. The maximum absolute atomic E-state index is 7.95. The zero-order valence-electron chi connectivity index (χ0n) is 5.17. The molecule has 0 aliphatic rings. The van der Waals surface area contributed by atoms with Crippen LogP contribution in [0.2, 0.25) is 0 Å². The molecule has 0 atom stereocenters. The average Bonchev–Trinajstić information content (AvgIpc) is 1.97. The number of rotatable bonds is 5. The lowest BCUT2D eigenvalue weighted by Crippen LogP contribution is -1.79. The molecule has 0 unspecified atom stereocenters. The summed E-state index contributed by atoms with van der Waals surface area (Å²) in [4.78, 5) is 0. The molecule has 58 valence electrons. The van der Waals surface area contributed by atoms with Crippen molar-refractivity contribution >= 4 is 34.0 Å². The van der Waals surface area contributed by atoms with E-state index in [4.69, 9.17) is 10.4 Å². The Morgan fingerprint density at radius 1 is 1.00 bits per heavy atom. The fourth-order valence-corrected chi connectivity index (χ4v) is 1.61. The van der Waals surface area contributed by atoms with Gasteiger partial charge in [-0.3, -0.25) is 0 Å². The minimum Gasteiger partial charge on any atom is -0.411 e. The Bertz CT molecular complexity index is 104. The lowest BCUT2D eigenvalue weighted by atomic mass is 10.9. The zero-order chi connectivity index (χ0) is 7.66. The molecule has 6 heteroatoms. The summed E-state index contributed by atoms with van der Waals surface area (Å²) in [5.41, 5.74) is 0. The van der Waals surface area contributed by atoms with Crippen molar-refractivity contribution < 1.29 is 10.4 Å². The number of oxime groups is 2. The van der Waals surface area contributed by atoms with Gasteiger partial charge in [-0.05, 0) is 0 Å². The van der Waals surface area contributed by atoms with Gasteiger partial charge in [-0.2, -0.15) is 0 Å². The standard InChI is InChI=1S/C4H8N2O2S2/c7-5-1-3-9-10-4-2-6-8/h1-2,7-8H,3-4H2/b5-1+,6-2+. The van der Waals surface area contributed by atoms with Gasteiger partial charge in [0.05, 0.1) is 12.4 Å². The van der Waals surface area contributed by atoms with Gasteiger partial charge in [-0.25, -0.2) is 0 Å². The Kier molecular flexibility index (Phi) is 8.33. The molecular weight excluding hydrogens is 172 g/mol. The Balaban J connectivity index is 2.90. The topological polar surface area (TPSA) is 65.2 Å². The molecule has 4 nitrogen and oxygen atoms in total. The van der Waals surface area contributed by atoms with E-state index in [0.717, 1.165) is 0 Å². The molecular formula is C4H8N2O2S2. The van der Waals surface area contributed by atoms with Crippen LogP contribution in [0.5, 0.6) is 0 Å². The van der Waals surface area contributed by atoms with E-state index >= 15 is 0 Å². The third-order valence-corrected chi connectivity index (χ3v) is 2.59. The summed E-state index contributed by atoms with van der Waals surface area (Å²) in [5.74, 6) is 1.31. The highest BCUT2D eigenvalue weighted by atomic mass is 33.1. The maximum Gasteiger partial charge on any atom is 0.0543 e. The van der Waals surface area contributed by atoms with Crippen LogP contribution in [0.4, 0.5) is 0 Å². The summed E-state index contributed by atoms with van der Waals surface area (Å²) in [6.07, 6.45) is 2.79. The number of nitrogens with zero attached hydrogens (tertiary/aromatic N) is 2. The molecule has 0 saturated carbocycles. The lowest BCUT2D eigenvalue weighted by molar-refractivity contribution is 0.321. The highest BCUT2D eigenvalue weighted by molar-refractivity contribution is 8.77. The first-order valence-electron chi connectivity index (χ1n) is 2.48. The molecule has 0 heterocycles. The third-order valence-electron chi connectivity index (χ3n) is 0.532. The molecule has 0 aliphatic carbocycles. The van der Waals surface area contributed by atoms with Gasteiger partial charge >= 0.3 is 0 Å². The van der Waals surface area contributed by atoms with Gasteiger partial charge in [0.1, 0.15) is 0 Å². The molecule has 10 heavy (non-hydrogen) atoms. The van der Waals surface area contributed by atoms with E-state index in [1.165, 1.54) is 34.0 Å². The largest absolute Gasteiger partial charge is 0.411 e. The van der Waals surface area contributed by atoms with Crippen molar-refractivity contribution in [1.82, 2.24) is 0 Å². The summed E-state index contributed by atoms with van der Waals surface area (Å²) < 4.78 is 0. The van der Waals surface area contributed by atoms with Crippen LogP contribution in [-0.4, -0.2) is 34.3 Å². The van der Waals surface area contributed by atoms with Crippen molar-refractivity contribution in [3.8, 4) is 0 Å². The smallest absolute Gasteiger partial charge is 0.0543 e. The summed E-state index contributed by atoms with van der Waals surface area (Å²) in [6, 6.07) is 0. The van der Waals surface area contributed by atoms with Crippen LogP contribution in [0.1, 0.15) is 0 Å². The van der Waals surface area contributed by atoms with Crippen molar-refractivity contribution in [2.24, 2.45) is 10.3 Å². The SMILES string of the molecule is O/N=C/CSSC/C=N/O. The molecule has 0 rings (SSSR count). The minimum atomic E-state index is 0.653. The summed E-state index contributed by atoms with van der Waals surface area (Å²) in [7, 11) is 3.05. The quantitative estimate of drug-likeness (QED) is 0.220. The first-order chi connectivity index (χ1) is 4.91. The van der Waals surface area contributed by atoms with Crippen molar-refractivity contribution in [2.45, 2.75) is 0 Å². The fourth-order valence-electron chi connectivity index (χ4n) is 0.224. The average molecular weight is 180 g/mol. The van der Waals surface area contributed by atoms with Gasteiger partial charge in [0.25, 0.3) is 0 Å². The first-order valence-corrected chi connectivity index (χ1v) is 4.96.